The van der Waals surface area contributed by atoms with Crippen LogP contribution < -0.4 is 32.7 Å². The molecule has 1 saturated heterocycles. The summed E-state index contributed by atoms with van der Waals surface area (Å²) in [5, 5.41) is 12.2. The van der Waals surface area contributed by atoms with Gasteiger partial charge >= 0.3 is 5.69 Å². The maximum atomic E-state index is 13.6. The van der Waals surface area contributed by atoms with Gasteiger partial charge in [0.1, 0.15) is 11.7 Å². The van der Waals surface area contributed by atoms with Crippen molar-refractivity contribution in [1.82, 2.24) is 30.9 Å². The lowest BCUT2D eigenvalue weighted by atomic mass is 9.81. The molecule has 2 atom stereocenters. The van der Waals surface area contributed by atoms with Crippen LogP contribution in [0.5, 0.6) is 0 Å². The zero-order valence-corrected chi connectivity index (χ0v) is 26.5. The first-order chi connectivity index (χ1) is 22.7. The van der Waals surface area contributed by atoms with Gasteiger partial charge in [-0.15, -0.1) is 0 Å². The van der Waals surface area contributed by atoms with Gasteiger partial charge in [-0.05, 0) is 93.4 Å². The van der Waals surface area contributed by atoms with E-state index in [4.69, 9.17) is 5.73 Å². The Balaban J connectivity index is 1.16. The molecule has 1 saturated carbocycles. The number of hydrogen-bond donors (Lipinski definition) is 7. The SMILES string of the molecule is Cc1nc(C(=O)N[C@H]2CCNC2)ccc1-c1ccc(C[C@H](NC(=O)C2CCC(CN)CC2)C(=O)Nc2ccc3[nH]c(=O)[nH]c3c2)cc1. The number of anilines is 1. The number of benzene rings is 2. The van der Waals surface area contributed by atoms with E-state index < -0.39 is 6.04 Å². The Morgan fingerprint density at radius 3 is 2.43 bits per heavy atom. The average Bonchev–Trinajstić information content (AvgIpc) is 3.73. The first kappa shape index (κ1) is 32.1. The summed E-state index contributed by atoms with van der Waals surface area (Å²) in [6.07, 6.45) is 4.49. The van der Waals surface area contributed by atoms with E-state index in [1.54, 1.807) is 24.3 Å². The topological polar surface area (TPSA) is 187 Å². The lowest BCUT2D eigenvalue weighted by Crippen LogP contribution is -2.48. The normalized spacial score (nSPS) is 20.1. The number of amides is 3. The highest BCUT2D eigenvalue weighted by atomic mass is 16.2. The number of aryl methyl sites for hydroxylation is 1. The molecule has 47 heavy (non-hydrogen) atoms. The molecule has 0 bridgehead atoms. The predicted octanol–water partition coefficient (Wildman–Crippen LogP) is 2.75. The summed E-state index contributed by atoms with van der Waals surface area (Å²) in [5.74, 6) is -0.376. The quantitative estimate of drug-likeness (QED) is 0.139. The van der Waals surface area contributed by atoms with Gasteiger partial charge in [-0.2, -0.15) is 0 Å². The largest absolute Gasteiger partial charge is 0.347 e. The van der Waals surface area contributed by atoms with Gasteiger partial charge in [0.2, 0.25) is 11.8 Å². The molecule has 12 heteroatoms. The number of fused-ring (bicyclic) bond motifs is 1. The standard InChI is InChI=1S/C35H42N8O4/c1-20-27(11-13-29(38-20)33(45)40-26-14-15-37-19-26)23-6-2-21(3-7-23)16-31(41-32(44)24-8-4-22(18-36)5-9-24)34(46)39-25-10-12-28-30(17-25)43-35(47)42-28/h2-3,6-7,10-13,17,22,24,26,31,37H,4-5,8-9,14-16,18-19,36H2,1H3,(H,39,46)(H,40,45)(H,41,44)(H2,42,43,47)/t22?,24?,26-,31-/m0/s1. The maximum Gasteiger partial charge on any atom is 0.323 e. The zero-order valence-electron chi connectivity index (χ0n) is 26.5. The molecule has 3 amide bonds. The van der Waals surface area contributed by atoms with Crippen LogP contribution in [0.4, 0.5) is 5.69 Å². The predicted molar refractivity (Wildman–Crippen MR) is 181 cm³/mol. The summed E-state index contributed by atoms with van der Waals surface area (Å²) >= 11 is 0. The third kappa shape index (κ3) is 7.78. The van der Waals surface area contributed by atoms with Crippen LogP contribution >= 0.6 is 0 Å². The summed E-state index contributed by atoms with van der Waals surface area (Å²) in [4.78, 5) is 61.4. The number of nitrogens with zero attached hydrogens (tertiary/aromatic N) is 1. The lowest BCUT2D eigenvalue weighted by Gasteiger charge is -2.28. The van der Waals surface area contributed by atoms with Crippen LogP contribution in [0.2, 0.25) is 0 Å². The van der Waals surface area contributed by atoms with Gasteiger partial charge in [0, 0.05) is 41.9 Å². The number of rotatable bonds is 10. The minimum Gasteiger partial charge on any atom is -0.347 e. The van der Waals surface area contributed by atoms with Crippen LogP contribution in [0.1, 0.15) is 53.8 Å². The molecule has 8 N–H and O–H groups in total. The van der Waals surface area contributed by atoms with Crippen molar-refractivity contribution in [3.63, 3.8) is 0 Å². The number of imidazole rings is 1. The average molecular weight is 639 g/mol. The summed E-state index contributed by atoms with van der Waals surface area (Å²) in [5.41, 5.74) is 11.1. The fourth-order valence-electron chi connectivity index (χ4n) is 6.58. The molecule has 12 nitrogen and oxygen atoms in total. The van der Waals surface area contributed by atoms with E-state index >= 15 is 0 Å². The Morgan fingerprint density at radius 1 is 0.957 bits per heavy atom. The van der Waals surface area contributed by atoms with Gasteiger partial charge in [-0.3, -0.25) is 14.4 Å². The summed E-state index contributed by atoms with van der Waals surface area (Å²) in [6, 6.07) is 15.9. The monoisotopic (exact) mass is 638 g/mol. The Hall–Kier alpha value is -4.81. The Morgan fingerprint density at radius 2 is 1.72 bits per heavy atom. The van der Waals surface area contributed by atoms with E-state index in [2.05, 4.69) is 36.2 Å². The van der Waals surface area contributed by atoms with E-state index in [1.165, 1.54) is 0 Å². The van der Waals surface area contributed by atoms with Crippen LogP contribution in [0.15, 0.2) is 59.4 Å². The highest BCUT2D eigenvalue weighted by molar-refractivity contribution is 5.99. The number of nitrogens with one attached hydrogen (secondary N) is 6. The molecule has 1 aliphatic heterocycles. The van der Waals surface area contributed by atoms with E-state index in [0.29, 0.717) is 34.9 Å². The van der Waals surface area contributed by atoms with E-state index in [0.717, 1.165) is 67.6 Å². The Labute approximate surface area is 272 Å². The molecule has 1 aliphatic carbocycles. The maximum absolute atomic E-state index is 13.6. The van der Waals surface area contributed by atoms with Crippen molar-refractivity contribution in [1.29, 1.82) is 0 Å². The smallest absolute Gasteiger partial charge is 0.323 e. The first-order valence-electron chi connectivity index (χ1n) is 16.4. The molecule has 0 spiro atoms. The highest BCUT2D eigenvalue weighted by Gasteiger charge is 2.29. The minimum absolute atomic E-state index is 0.118. The molecule has 6 rings (SSSR count). The first-order valence-corrected chi connectivity index (χ1v) is 16.4. The number of aromatic nitrogens is 3. The lowest BCUT2D eigenvalue weighted by molar-refractivity contribution is -0.130. The van der Waals surface area contributed by atoms with E-state index in [9.17, 15) is 19.2 Å². The molecule has 2 aromatic heterocycles. The molecule has 0 radical (unpaired) electrons. The van der Waals surface area contributed by atoms with Gasteiger partial charge in [0.25, 0.3) is 5.91 Å². The second-order valence-electron chi connectivity index (χ2n) is 12.7. The summed E-state index contributed by atoms with van der Waals surface area (Å²) in [6.45, 7) is 4.17. The van der Waals surface area contributed by atoms with Crippen molar-refractivity contribution in [2.75, 3.05) is 25.0 Å². The van der Waals surface area contributed by atoms with Crippen molar-refractivity contribution >= 4 is 34.4 Å². The summed E-state index contributed by atoms with van der Waals surface area (Å²) in [7, 11) is 0. The number of aromatic amines is 2. The molecular formula is C35H42N8O4. The second-order valence-corrected chi connectivity index (χ2v) is 12.7. The summed E-state index contributed by atoms with van der Waals surface area (Å²) < 4.78 is 0. The van der Waals surface area contributed by atoms with Gasteiger partial charge in [-0.25, -0.2) is 9.78 Å². The molecule has 3 heterocycles. The van der Waals surface area contributed by atoms with E-state index in [-0.39, 0.29) is 41.8 Å². The van der Waals surface area contributed by atoms with Gasteiger partial charge in [-0.1, -0.05) is 30.3 Å². The van der Waals surface area contributed by atoms with Crippen molar-refractivity contribution in [2.45, 2.75) is 57.5 Å². The van der Waals surface area contributed by atoms with Crippen molar-refractivity contribution in [3.8, 4) is 11.1 Å². The zero-order chi connectivity index (χ0) is 32.9. The second kappa shape index (κ2) is 14.3. The van der Waals surface area contributed by atoms with Crippen molar-refractivity contribution in [3.05, 3.63) is 82.0 Å². The molecule has 0 unspecified atom stereocenters. The minimum atomic E-state index is -0.821. The number of carbonyl (C=O) groups is 3. The Bertz CT molecular complexity index is 1800. The third-order valence-electron chi connectivity index (χ3n) is 9.39. The Kier molecular flexibility index (Phi) is 9.79. The number of hydrogen-bond acceptors (Lipinski definition) is 7. The van der Waals surface area contributed by atoms with Crippen LogP contribution in [0.25, 0.3) is 22.2 Å². The van der Waals surface area contributed by atoms with Gasteiger partial charge in [0.05, 0.1) is 11.0 Å². The van der Waals surface area contributed by atoms with Gasteiger partial charge < -0.3 is 37.0 Å². The molecule has 4 aromatic rings. The molecule has 2 aromatic carbocycles. The fourth-order valence-corrected chi connectivity index (χ4v) is 6.58. The number of pyridine rings is 1. The third-order valence-corrected chi connectivity index (χ3v) is 9.39. The van der Waals surface area contributed by atoms with Crippen molar-refractivity contribution in [2.24, 2.45) is 17.6 Å². The number of nitrogens with two attached hydrogens (primary N) is 1. The van der Waals surface area contributed by atoms with Gasteiger partial charge in [0.15, 0.2) is 0 Å². The van der Waals surface area contributed by atoms with E-state index in [1.807, 2.05) is 37.3 Å². The van der Waals surface area contributed by atoms with Crippen LogP contribution in [0.3, 0.4) is 0 Å². The molecule has 246 valence electrons. The molecular weight excluding hydrogens is 596 g/mol. The number of carbonyl (C=O) groups excluding carboxylic acids is 3. The van der Waals surface area contributed by atoms with Crippen molar-refractivity contribution < 1.29 is 14.4 Å². The molecule has 2 aliphatic rings. The number of H-pyrrole nitrogens is 2. The highest BCUT2D eigenvalue weighted by Crippen LogP contribution is 2.29. The fraction of sp³-hybridized carbons (Fsp3) is 0.400. The molecule has 2 fully saturated rings. The van der Waals surface area contributed by atoms with Crippen LogP contribution in [-0.2, 0) is 16.0 Å². The van der Waals surface area contributed by atoms with Crippen LogP contribution in [-0.4, -0.2) is 64.4 Å². The van der Waals surface area contributed by atoms with Crippen LogP contribution in [0, 0.1) is 18.8 Å².